The predicted octanol–water partition coefficient (Wildman–Crippen LogP) is 7.36. The van der Waals surface area contributed by atoms with E-state index in [4.69, 9.17) is 8.94 Å². The second kappa shape index (κ2) is 9.48. The quantitative estimate of drug-likeness (QED) is 0.291. The number of hydrogen-bond acceptors (Lipinski definition) is 6. The highest BCUT2D eigenvalue weighted by Crippen LogP contribution is 2.58. The van der Waals surface area contributed by atoms with Gasteiger partial charge < -0.3 is 13.8 Å². The number of amides is 1. The fourth-order valence-corrected chi connectivity index (χ4v) is 7.32. The van der Waals surface area contributed by atoms with Gasteiger partial charge in [-0.2, -0.15) is 4.98 Å². The van der Waals surface area contributed by atoms with Crippen LogP contribution >= 0.6 is 0 Å². The Hall–Kier alpha value is -3.10. The average Bonchev–Trinajstić information content (AvgIpc) is 3.33. The number of rotatable bonds is 8. The molecule has 5 aliphatic carbocycles. The maximum absolute atomic E-state index is 14.0. The van der Waals surface area contributed by atoms with Gasteiger partial charge in [-0.3, -0.25) is 4.79 Å². The molecule has 0 radical (unpaired) electrons. The molecule has 0 saturated heterocycles. The van der Waals surface area contributed by atoms with E-state index < -0.39 is 5.92 Å². The minimum Gasteiger partial charge on any atom is -0.445 e. The zero-order valence-electron chi connectivity index (χ0n) is 23.0. The summed E-state index contributed by atoms with van der Waals surface area (Å²) in [7, 11) is 0. The lowest BCUT2D eigenvalue weighted by Gasteiger charge is -2.53. The van der Waals surface area contributed by atoms with Gasteiger partial charge in [-0.1, -0.05) is 11.2 Å². The van der Waals surface area contributed by atoms with Crippen molar-refractivity contribution in [2.45, 2.75) is 101 Å². The van der Waals surface area contributed by atoms with Crippen molar-refractivity contribution in [3.05, 3.63) is 47.9 Å². The SMILES string of the molecule is Cc1cnc(C23CCC(CN(C(=O)CC4CCC(F)(F)C4)c4cccc(-c5nc(C6CC6)no5)c4)(CC2)CC3)o1. The van der Waals surface area contributed by atoms with Crippen molar-refractivity contribution in [3.63, 3.8) is 0 Å². The number of anilines is 1. The number of carbonyl (C=O) groups is 1. The topological polar surface area (TPSA) is 85.3 Å². The fourth-order valence-electron chi connectivity index (χ4n) is 7.32. The van der Waals surface area contributed by atoms with Gasteiger partial charge in [-0.15, -0.1) is 0 Å². The van der Waals surface area contributed by atoms with Crippen LogP contribution in [0.15, 0.2) is 39.4 Å². The van der Waals surface area contributed by atoms with Crippen LogP contribution < -0.4 is 4.90 Å². The van der Waals surface area contributed by atoms with Crippen molar-refractivity contribution < 1.29 is 22.5 Å². The van der Waals surface area contributed by atoms with Crippen molar-refractivity contribution in [2.24, 2.45) is 11.3 Å². The van der Waals surface area contributed by atoms with Gasteiger partial charge in [0.1, 0.15) is 5.76 Å². The van der Waals surface area contributed by atoms with Crippen molar-refractivity contribution in [3.8, 4) is 11.5 Å². The molecule has 2 bridgehead atoms. The first kappa shape index (κ1) is 25.8. The number of oxazole rings is 1. The monoisotopic (exact) mass is 550 g/mol. The third kappa shape index (κ3) is 4.85. The van der Waals surface area contributed by atoms with Crippen LogP contribution in [0.1, 0.15) is 100 Å². The molecule has 1 aromatic carbocycles. The molecule has 40 heavy (non-hydrogen) atoms. The van der Waals surface area contributed by atoms with Gasteiger partial charge in [-0.25, -0.2) is 13.8 Å². The number of nitrogens with zero attached hydrogens (tertiary/aromatic N) is 4. The summed E-state index contributed by atoms with van der Waals surface area (Å²) in [6, 6.07) is 7.70. The highest BCUT2D eigenvalue weighted by molar-refractivity contribution is 5.94. The molecule has 3 aromatic rings. The molecule has 1 atom stereocenters. The van der Waals surface area contributed by atoms with Crippen LogP contribution in [0.25, 0.3) is 11.5 Å². The van der Waals surface area contributed by atoms with Gasteiger partial charge in [0.2, 0.25) is 17.7 Å². The molecule has 0 spiro atoms. The maximum atomic E-state index is 14.0. The highest BCUT2D eigenvalue weighted by atomic mass is 19.3. The van der Waals surface area contributed by atoms with E-state index in [9.17, 15) is 13.6 Å². The first-order chi connectivity index (χ1) is 19.2. The number of carbonyl (C=O) groups excluding carboxylic acids is 1. The van der Waals surface area contributed by atoms with Crippen molar-refractivity contribution in [1.82, 2.24) is 15.1 Å². The Kier molecular flexibility index (Phi) is 6.13. The van der Waals surface area contributed by atoms with Crippen molar-refractivity contribution in [1.29, 1.82) is 0 Å². The second-order valence-electron chi connectivity index (χ2n) is 13.0. The second-order valence-corrected chi connectivity index (χ2v) is 13.0. The van der Waals surface area contributed by atoms with Gasteiger partial charge in [0.25, 0.3) is 5.89 Å². The standard InChI is InChI=1S/C31H36F2N4O3/c1-20-18-34-28(39-20)30-12-9-29(10-13-30,11-14-30)19-37(25(38)15-21-7-8-31(32,33)17-21)24-4-2-3-23(16-24)27-35-26(36-40-27)22-5-6-22/h2-4,16,18,21-22H,5-15,17,19H2,1H3. The largest absolute Gasteiger partial charge is 0.445 e. The lowest BCUT2D eigenvalue weighted by molar-refractivity contribution is -0.120. The first-order valence-corrected chi connectivity index (χ1v) is 14.8. The average molecular weight is 551 g/mol. The van der Waals surface area contributed by atoms with Crippen LogP contribution in [0.5, 0.6) is 0 Å². The van der Waals surface area contributed by atoms with Crippen LogP contribution in [-0.2, 0) is 10.2 Å². The van der Waals surface area contributed by atoms with Crippen LogP contribution in [0.4, 0.5) is 14.5 Å². The number of benzene rings is 1. The molecule has 8 rings (SSSR count). The van der Waals surface area contributed by atoms with Crippen molar-refractivity contribution in [2.75, 3.05) is 11.4 Å². The molecule has 0 aliphatic heterocycles. The Morgan fingerprint density at radius 3 is 2.50 bits per heavy atom. The molecular formula is C31H36F2N4O3. The zero-order chi connectivity index (χ0) is 27.5. The Morgan fingerprint density at radius 2 is 1.85 bits per heavy atom. The van der Waals surface area contributed by atoms with Gasteiger partial charge in [0.05, 0.1) is 6.20 Å². The highest BCUT2D eigenvalue weighted by Gasteiger charge is 2.52. The third-order valence-corrected chi connectivity index (χ3v) is 10.0. The smallest absolute Gasteiger partial charge is 0.258 e. The summed E-state index contributed by atoms with van der Waals surface area (Å²) >= 11 is 0. The fraction of sp³-hybridized carbons (Fsp3) is 0.613. The Morgan fingerprint density at radius 1 is 1.07 bits per heavy atom. The number of fused-ring (bicyclic) bond motifs is 3. The summed E-state index contributed by atoms with van der Waals surface area (Å²) < 4.78 is 39.5. The van der Waals surface area contributed by atoms with Gasteiger partial charge in [-0.05, 0) is 94.2 Å². The van der Waals surface area contributed by atoms with E-state index in [0.717, 1.165) is 80.1 Å². The lowest BCUT2D eigenvalue weighted by Crippen LogP contribution is -2.51. The number of halogens is 2. The van der Waals surface area contributed by atoms with E-state index in [-0.39, 0.29) is 41.9 Å². The molecule has 2 aromatic heterocycles. The van der Waals surface area contributed by atoms with Crippen LogP contribution in [0.2, 0.25) is 0 Å². The molecule has 0 N–H and O–H groups in total. The minimum atomic E-state index is -2.67. The Balaban J connectivity index is 1.15. The number of aryl methyl sites for hydroxylation is 1. The third-order valence-electron chi connectivity index (χ3n) is 10.0. The Bertz CT molecular complexity index is 1390. The normalized spacial score (nSPS) is 29.1. The summed E-state index contributed by atoms with van der Waals surface area (Å²) in [4.78, 5) is 24.9. The molecule has 7 nitrogen and oxygen atoms in total. The summed E-state index contributed by atoms with van der Waals surface area (Å²) in [5.41, 5.74) is 1.50. The van der Waals surface area contributed by atoms with E-state index in [1.807, 2.05) is 36.1 Å². The predicted molar refractivity (Wildman–Crippen MR) is 144 cm³/mol. The molecule has 1 amide bonds. The summed E-state index contributed by atoms with van der Waals surface area (Å²) in [5.74, 6) is 0.227. The van der Waals surface area contributed by atoms with Crippen LogP contribution in [0.3, 0.4) is 0 Å². The van der Waals surface area contributed by atoms with E-state index in [2.05, 4.69) is 15.1 Å². The van der Waals surface area contributed by atoms with E-state index >= 15 is 0 Å². The lowest BCUT2D eigenvalue weighted by atomic mass is 9.53. The number of aromatic nitrogens is 3. The van der Waals surface area contributed by atoms with Crippen LogP contribution in [0, 0.1) is 18.3 Å². The molecule has 2 heterocycles. The van der Waals surface area contributed by atoms with E-state index in [0.29, 0.717) is 24.8 Å². The summed E-state index contributed by atoms with van der Waals surface area (Å²) in [6.45, 7) is 2.51. The van der Waals surface area contributed by atoms with E-state index in [1.54, 1.807) is 6.20 Å². The van der Waals surface area contributed by atoms with Gasteiger partial charge >= 0.3 is 0 Å². The zero-order valence-corrected chi connectivity index (χ0v) is 23.0. The molecule has 5 fully saturated rings. The molecule has 5 aliphatic rings. The minimum absolute atomic E-state index is 0.0156. The first-order valence-electron chi connectivity index (χ1n) is 14.8. The Labute approximate surface area is 232 Å². The summed E-state index contributed by atoms with van der Waals surface area (Å²) in [5, 5.41) is 4.15. The molecule has 212 valence electrons. The van der Waals surface area contributed by atoms with E-state index in [1.165, 1.54) is 0 Å². The maximum Gasteiger partial charge on any atom is 0.258 e. The summed E-state index contributed by atoms with van der Waals surface area (Å²) in [6.07, 6.45) is 10.0. The number of alkyl halides is 2. The van der Waals surface area contributed by atoms with Crippen LogP contribution in [-0.4, -0.2) is 33.5 Å². The van der Waals surface area contributed by atoms with Crippen molar-refractivity contribution >= 4 is 11.6 Å². The van der Waals surface area contributed by atoms with Gasteiger partial charge in [0, 0.05) is 48.4 Å². The van der Waals surface area contributed by atoms with Gasteiger partial charge in [0.15, 0.2) is 5.82 Å². The molecule has 9 heteroatoms. The molecule has 1 unspecified atom stereocenters. The molecule has 5 saturated carbocycles. The number of hydrogen-bond donors (Lipinski definition) is 0. The molecular weight excluding hydrogens is 514 g/mol.